The number of carbonyl (C=O) groups excluding carboxylic acids is 1. The van der Waals surface area contributed by atoms with E-state index in [2.05, 4.69) is 14.1 Å². The molecule has 1 aromatic carbocycles. The maximum absolute atomic E-state index is 13.1. The van der Waals surface area contributed by atoms with E-state index in [-0.39, 0.29) is 29.6 Å². The molecule has 1 aromatic heterocycles. The lowest BCUT2D eigenvalue weighted by atomic mass is 9.99. The summed E-state index contributed by atoms with van der Waals surface area (Å²) in [7, 11) is 0. The number of halogens is 1. The summed E-state index contributed by atoms with van der Waals surface area (Å²) in [5.41, 5.74) is 1.10. The Morgan fingerprint density at radius 3 is 2.86 bits per heavy atom. The van der Waals surface area contributed by atoms with Gasteiger partial charge in [0.2, 0.25) is 0 Å². The number of amides is 1. The highest BCUT2D eigenvalue weighted by atomic mass is 32.1. The third kappa shape index (κ3) is 3.25. The summed E-state index contributed by atoms with van der Waals surface area (Å²) in [6.07, 6.45) is 3.14. The Bertz CT molecular complexity index is 597. The van der Waals surface area contributed by atoms with E-state index in [1.54, 1.807) is 12.1 Å². The van der Waals surface area contributed by atoms with E-state index in [1.165, 1.54) is 18.3 Å². The molecule has 2 heterocycles. The van der Waals surface area contributed by atoms with Gasteiger partial charge in [-0.2, -0.15) is 8.75 Å². The van der Waals surface area contributed by atoms with Gasteiger partial charge in [-0.25, -0.2) is 4.39 Å². The number of rotatable bonds is 4. The summed E-state index contributed by atoms with van der Waals surface area (Å²) >= 11 is 0.983. The molecule has 0 saturated carbocycles. The van der Waals surface area contributed by atoms with Crippen molar-refractivity contribution in [2.45, 2.75) is 25.0 Å². The molecule has 0 bridgehead atoms. The van der Waals surface area contributed by atoms with Gasteiger partial charge in [0.1, 0.15) is 5.82 Å². The first-order chi connectivity index (χ1) is 10.2. The number of nitrogens with one attached hydrogen (secondary N) is 1. The average Bonchev–Trinajstić information content (AvgIpc) is 3.19. The van der Waals surface area contributed by atoms with Crippen LogP contribution < -0.4 is 5.32 Å². The molecule has 1 aliphatic heterocycles. The molecule has 7 heteroatoms. The van der Waals surface area contributed by atoms with E-state index in [4.69, 9.17) is 4.74 Å². The summed E-state index contributed by atoms with van der Waals surface area (Å²) in [4.78, 5) is 12.2. The third-order valence-electron chi connectivity index (χ3n) is 3.45. The van der Waals surface area contributed by atoms with Crippen molar-refractivity contribution in [1.29, 1.82) is 0 Å². The Morgan fingerprint density at radius 1 is 1.43 bits per heavy atom. The van der Waals surface area contributed by atoms with Gasteiger partial charge in [0.15, 0.2) is 5.69 Å². The molecule has 21 heavy (non-hydrogen) atoms. The van der Waals surface area contributed by atoms with Crippen LogP contribution in [0.5, 0.6) is 0 Å². The minimum Gasteiger partial charge on any atom is -0.376 e. The van der Waals surface area contributed by atoms with Crippen molar-refractivity contribution >= 4 is 17.6 Å². The van der Waals surface area contributed by atoms with Crippen LogP contribution >= 0.6 is 11.7 Å². The lowest BCUT2D eigenvalue weighted by Crippen LogP contribution is -2.36. The lowest BCUT2D eigenvalue weighted by molar-refractivity contribution is 0.0670. The second-order valence-electron chi connectivity index (χ2n) is 4.85. The smallest absolute Gasteiger partial charge is 0.273 e. The van der Waals surface area contributed by atoms with Crippen LogP contribution in [0.15, 0.2) is 30.5 Å². The first-order valence-electron chi connectivity index (χ1n) is 6.69. The van der Waals surface area contributed by atoms with Gasteiger partial charge in [0.25, 0.3) is 5.91 Å². The number of hydrogen-bond donors (Lipinski definition) is 1. The van der Waals surface area contributed by atoms with Crippen LogP contribution in [0, 0.1) is 5.82 Å². The van der Waals surface area contributed by atoms with E-state index in [1.807, 2.05) is 0 Å². The molecule has 1 amide bonds. The van der Waals surface area contributed by atoms with Gasteiger partial charge in [-0.15, -0.1) is 0 Å². The quantitative estimate of drug-likeness (QED) is 0.941. The molecule has 3 rings (SSSR count). The first-order valence-corrected chi connectivity index (χ1v) is 7.42. The van der Waals surface area contributed by atoms with Gasteiger partial charge in [-0.05, 0) is 30.5 Å². The Kier molecular flexibility index (Phi) is 4.21. The zero-order chi connectivity index (χ0) is 14.7. The Labute approximate surface area is 125 Å². The Morgan fingerprint density at radius 2 is 2.24 bits per heavy atom. The normalized spacial score (nSPS) is 19.4. The predicted molar refractivity (Wildman–Crippen MR) is 75.5 cm³/mol. The minimum atomic E-state index is -0.317. The monoisotopic (exact) mass is 307 g/mol. The number of aromatic nitrogens is 2. The van der Waals surface area contributed by atoms with Crippen LogP contribution in [0.2, 0.25) is 0 Å². The standard InChI is InChI=1S/C14H14FN3O2S/c15-10-5-3-9(4-6-10)13(12-2-1-7-20-12)17-14(19)11-8-16-21-18-11/h3-6,8,12-13H,1-2,7H2,(H,17,19)/t12-,13-/m1/s1. The molecule has 1 aliphatic rings. The van der Waals surface area contributed by atoms with Gasteiger partial charge in [-0.3, -0.25) is 4.79 Å². The fraction of sp³-hybridized carbons (Fsp3) is 0.357. The second-order valence-corrected chi connectivity index (χ2v) is 5.40. The number of ether oxygens (including phenoxy) is 1. The Hall–Kier alpha value is -1.86. The lowest BCUT2D eigenvalue weighted by Gasteiger charge is -2.24. The number of carbonyl (C=O) groups is 1. The highest BCUT2D eigenvalue weighted by Gasteiger charge is 2.29. The molecule has 1 saturated heterocycles. The van der Waals surface area contributed by atoms with Crippen LogP contribution in [0.25, 0.3) is 0 Å². The van der Waals surface area contributed by atoms with Crippen molar-refractivity contribution in [2.24, 2.45) is 0 Å². The van der Waals surface area contributed by atoms with Crippen LogP contribution in [-0.4, -0.2) is 27.4 Å². The number of benzene rings is 1. The fourth-order valence-corrected chi connectivity index (χ4v) is 2.82. The van der Waals surface area contributed by atoms with Gasteiger partial charge >= 0.3 is 0 Å². The average molecular weight is 307 g/mol. The maximum atomic E-state index is 13.1. The van der Waals surface area contributed by atoms with Crippen molar-refractivity contribution in [2.75, 3.05) is 6.61 Å². The second kappa shape index (κ2) is 6.28. The molecule has 0 radical (unpaired) electrons. The van der Waals surface area contributed by atoms with Crippen LogP contribution in [0.4, 0.5) is 4.39 Å². The highest BCUT2D eigenvalue weighted by molar-refractivity contribution is 6.99. The van der Waals surface area contributed by atoms with E-state index in [0.717, 1.165) is 30.1 Å². The van der Waals surface area contributed by atoms with Crippen molar-refractivity contribution in [3.63, 3.8) is 0 Å². The summed E-state index contributed by atoms with van der Waals surface area (Å²) in [6.45, 7) is 0.677. The van der Waals surface area contributed by atoms with E-state index >= 15 is 0 Å². The van der Waals surface area contributed by atoms with E-state index in [9.17, 15) is 9.18 Å². The maximum Gasteiger partial charge on any atom is 0.273 e. The van der Waals surface area contributed by atoms with Gasteiger partial charge in [0, 0.05) is 6.61 Å². The molecule has 0 aliphatic carbocycles. The van der Waals surface area contributed by atoms with Crippen molar-refractivity contribution in [1.82, 2.24) is 14.1 Å². The largest absolute Gasteiger partial charge is 0.376 e. The van der Waals surface area contributed by atoms with Crippen molar-refractivity contribution < 1.29 is 13.9 Å². The molecule has 2 atom stereocenters. The zero-order valence-corrected chi connectivity index (χ0v) is 12.0. The molecular formula is C14H14FN3O2S. The van der Waals surface area contributed by atoms with Crippen LogP contribution in [0.1, 0.15) is 34.9 Å². The highest BCUT2D eigenvalue weighted by Crippen LogP contribution is 2.27. The molecule has 5 nitrogen and oxygen atoms in total. The molecule has 0 unspecified atom stereocenters. The summed E-state index contributed by atoms with van der Waals surface area (Å²) in [6, 6.07) is 5.78. The molecule has 110 valence electrons. The topological polar surface area (TPSA) is 64.1 Å². The van der Waals surface area contributed by atoms with Crippen LogP contribution in [0.3, 0.4) is 0 Å². The predicted octanol–water partition coefficient (Wildman–Crippen LogP) is 2.33. The van der Waals surface area contributed by atoms with E-state index in [0.29, 0.717) is 6.61 Å². The van der Waals surface area contributed by atoms with Gasteiger partial charge < -0.3 is 10.1 Å². The number of nitrogens with zero attached hydrogens (tertiary/aromatic N) is 2. The summed E-state index contributed by atoms with van der Waals surface area (Å²) in [5.74, 6) is -0.603. The van der Waals surface area contributed by atoms with Gasteiger partial charge in [0.05, 0.1) is 30.1 Å². The molecule has 1 N–H and O–H groups in total. The van der Waals surface area contributed by atoms with E-state index < -0.39 is 0 Å². The first kappa shape index (κ1) is 14.1. The fourth-order valence-electron chi connectivity index (χ4n) is 2.41. The minimum absolute atomic E-state index is 0.106. The summed E-state index contributed by atoms with van der Waals surface area (Å²) in [5, 5.41) is 2.91. The van der Waals surface area contributed by atoms with Crippen molar-refractivity contribution in [3.8, 4) is 0 Å². The molecule has 0 spiro atoms. The molecule has 1 fully saturated rings. The summed E-state index contributed by atoms with van der Waals surface area (Å²) < 4.78 is 26.5. The van der Waals surface area contributed by atoms with Crippen molar-refractivity contribution in [3.05, 3.63) is 47.5 Å². The SMILES string of the molecule is O=C(N[C@H](c1ccc(F)cc1)[C@H]1CCCO1)c1cnsn1. The zero-order valence-electron chi connectivity index (χ0n) is 11.2. The van der Waals surface area contributed by atoms with Crippen LogP contribution in [-0.2, 0) is 4.74 Å². The third-order valence-corrected chi connectivity index (χ3v) is 3.92. The Balaban J connectivity index is 1.82. The van der Waals surface area contributed by atoms with Gasteiger partial charge in [-0.1, -0.05) is 12.1 Å². The molecule has 2 aromatic rings. The number of hydrogen-bond acceptors (Lipinski definition) is 5. The molecular weight excluding hydrogens is 293 g/mol.